The zero-order valence-corrected chi connectivity index (χ0v) is 15.4. The zero-order valence-electron chi connectivity index (χ0n) is 13.9. The number of nitrogens with one attached hydrogen (secondary N) is 1. The minimum Gasteiger partial charge on any atom is -0.452 e. The van der Waals surface area contributed by atoms with Crippen molar-refractivity contribution in [3.8, 4) is 0 Å². The highest BCUT2D eigenvalue weighted by molar-refractivity contribution is 6.43. The minimum absolute atomic E-state index is 0.107. The van der Waals surface area contributed by atoms with Crippen molar-refractivity contribution < 1.29 is 14.3 Å². The van der Waals surface area contributed by atoms with Gasteiger partial charge in [0.2, 0.25) is 0 Å². The van der Waals surface area contributed by atoms with Crippen molar-refractivity contribution in [2.45, 2.75) is 6.54 Å². The monoisotopic (exact) mass is 380 g/mol. The molecule has 1 N–H and O–H groups in total. The number of halogens is 2. The van der Waals surface area contributed by atoms with Gasteiger partial charge < -0.3 is 15.0 Å². The summed E-state index contributed by atoms with van der Waals surface area (Å²) in [5.41, 5.74) is 2.15. The quantitative estimate of drug-likeness (QED) is 0.778. The molecule has 5 nitrogen and oxygen atoms in total. The predicted octanol–water partition coefficient (Wildman–Crippen LogP) is 3.53. The number of hydrogen-bond acceptors (Lipinski definition) is 4. The SMILES string of the molecule is CN(C)c1ccc(CNC(=O)COC(=O)c2cccc(Cl)c2Cl)cc1. The lowest BCUT2D eigenvalue weighted by molar-refractivity contribution is -0.124. The molecule has 0 saturated carbocycles. The molecule has 1 amide bonds. The van der Waals surface area contributed by atoms with Crippen LogP contribution in [0.25, 0.3) is 0 Å². The molecule has 0 saturated heterocycles. The first-order valence-corrected chi connectivity index (χ1v) is 8.28. The Balaban J connectivity index is 1.82. The lowest BCUT2D eigenvalue weighted by Crippen LogP contribution is -2.28. The average Bonchev–Trinajstić information content (AvgIpc) is 2.60. The molecule has 0 atom stereocenters. The highest BCUT2D eigenvalue weighted by Gasteiger charge is 2.15. The van der Waals surface area contributed by atoms with Crippen LogP contribution in [0.1, 0.15) is 15.9 Å². The van der Waals surface area contributed by atoms with Gasteiger partial charge in [-0.3, -0.25) is 4.79 Å². The second-order valence-electron chi connectivity index (χ2n) is 5.52. The fourth-order valence-corrected chi connectivity index (χ4v) is 2.41. The Morgan fingerprint density at radius 1 is 1.08 bits per heavy atom. The molecular formula is C18H18Cl2N2O3. The molecule has 25 heavy (non-hydrogen) atoms. The third kappa shape index (κ3) is 5.37. The molecule has 0 bridgehead atoms. The highest BCUT2D eigenvalue weighted by Crippen LogP contribution is 2.25. The second kappa shape index (κ2) is 8.74. The Labute approximate surface area is 156 Å². The van der Waals surface area contributed by atoms with Gasteiger partial charge in [-0.1, -0.05) is 41.4 Å². The number of anilines is 1. The van der Waals surface area contributed by atoms with Gasteiger partial charge in [-0.25, -0.2) is 4.79 Å². The number of hydrogen-bond donors (Lipinski definition) is 1. The average molecular weight is 381 g/mol. The maximum atomic E-state index is 11.9. The highest BCUT2D eigenvalue weighted by atomic mass is 35.5. The van der Waals surface area contributed by atoms with Crippen molar-refractivity contribution in [1.82, 2.24) is 5.32 Å². The summed E-state index contributed by atoms with van der Waals surface area (Å²) >= 11 is 11.8. The number of benzene rings is 2. The molecule has 0 unspecified atom stereocenters. The van der Waals surface area contributed by atoms with Crippen LogP contribution >= 0.6 is 23.2 Å². The van der Waals surface area contributed by atoms with Gasteiger partial charge in [0.05, 0.1) is 15.6 Å². The predicted molar refractivity (Wildman–Crippen MR) is 99.4 cm³/mol. The smallest absolute Gasteiger partial charge is 0.340 e. The maximum absolute atomic E-state index is 11.9. The van der Waals surface area contributed by atoms with Crippen LogP contribution in [0.15, 0.2) is 42.5 Å². The fraction of sp³-hybridized carbons (Fsp3) is 0.222. The van der Waals surface area contributed by atoms with Gasteiger partial charge in [-0.05, 0) is 29.8 Å². The van der Waals surface area contributed by atoms with Gasteiger partial charge in [0, 0.05) is 26.3 Å². The Kier molecular flexibility index (Phi) is 6.67. The normalized spacial score (nSPS) is 10.2. The largest absolute Gasteiger partial charge is 0.452 e. The van der Waals surface area contributed by atoms with Crippen molar-refractivity contribution in [3.05, 3.63) is 63.6 Å². The van der Waals surface area contributed by atoms with E-state index >= 15 is 0 Å². The first kappa shape index (κ1) is 19.1. The summed E-state index contributed by atoms with van der Waals surface area (Å²) in [6.07, 6.45) is 0. The standard InChI is InChI=1S/C18H18Cl2N2O3/c1-22(2)13-8-6-12(7-9-13)10-21-16(23)11-25-18(24)14-4-3-5-15(19)17(14)20/h3-9H,10-11H2,1-2H3,(H,21,23). The lowest BCUT2D eigenvalue weighted by atomic mass is 10.2. The third-order valence-electron chi connectivity index (χ3n) is 3.45. The number of amides is 1. The maximum Gasteiger partial charge on any atom is 0.340 e. The van der Waals surface area contributed by atoms with Crippen molar-refractivity contribution in [1.29, 1.82) is 0 Å². The van der Waals surface area contributed by atoms with E-state index in [4.69, 9.17) is 27.9 Å². The molecule has 2 rings (SSSR count). The number of carbonyl (C=O) groups is 2. The van der Waals surface area contributed by atoms with Crippen LogP contribution < -0.4 is 10.2 Å². The van der Waals surface area contributed by atoms with E-state index in [0.717, 1.165) is 11.3 Å². The van der Waals surface area contributed by atoms with Crippen LogP contribution in [0.2, 0.25) is 10.0 Å². The Morgan fingerprint density at radius 3 is 2.40 bits per heavy atom. The van der Waals surface area contributed by atoms with Gasteiger partial charge in [0.25, 0.3) is 5.91 Å². The molecule has 0 spiro atoms. The number of rotatable bonds is 6. The van der Waals surface area contributed by atoms with Crippen LogP contribution in [0.3, 0.4) is 0 Å². The molecule has 2 aromatic carbocycles. The van der Waals surface area contributed by atoms with E-state index in [1.807, 2.05) is 43.3 Å². The van der Waals surface area contributed by atoms with E-state index < -0.39 is 18.5 Å². The number of ether oxygens (including phenoxy) is 1. The van der Waals surface area contributed by atoms with E-state index in [2.05, 4.69) is 5.32 Å². The van der Waals surface area contributed by atoms with E-state index in [9.17, 15) is 9.59 Å². The zero-order chi connectivity index (χ0) is 18.4. The van der Waals surface area contributed by atoms with Crippen LogP contribution in [0.4, 0.5) is 5.69 Å². The summed E-state index contributed by atoms with van der Waals surface area (Å²) in [7, 11) is 3.91. The van der Waals surface area contributed by atoms with E-state index in [-0.39, 0.29) is 15.6 Å². The number of esters is 1. The van der Waals surface area contributed by atoms with Crippen molar-refractivity contribution >= 4 is 40.8 Å². The second-order valence-corrected chi connectivity index (χ2v) is 6.30. The lowest BCUT2D eigenvalue weighted by Gasteiger charge is -2.13. The summed E-state index contributed by atoms with van der Waals surface area (Å²) in [6.45, 7) is -0.0422. The van der Waals surface area contributed by atoms with Gasteiger partial charge in [0.15, 0.2) is 6.61 Å². The fourth-order valence-electron chi connectivity index (χ4n) is 2.03. The molecule has 0 aliphatic carbocycles. The molecule has 0 aliphatic heterocycles. The van der Waals surface area contributed by atoms with Gasteiger partial charge in [-0.2, -0.15) is 0 Å². The van der Waals surface area contributed by atoms with E-state index in [1.54, 1.807) is 12.1 Å². The molecule has 0 aliphatic rings. The van der Waals surface area contributed by atoms with Crippen molar-refractivity contribution in [3.63, 3.8) is 0 Å². The van der Waals surface area contributed by atoms with E-state index in [0.29, 0.717) is 6.54 Å². The first-order chi connectivity index (χ1) is 11.9. The molecule has 0 aromatic heterocycles. The minimum atomic E-state index is -0.696. The molecule has 7 heteroatoms. The topological polar surface area (TPSA) is 58.6 Å². The Hall–Kier alpha value is -2.24. The summed E-state index contributed by atoms with van der Waals surface area (Å²) in [5.74, 6) is -1.10. The molecule has 2 aromatic rings. The summed E-state index contributed by atoms with van der Waals surface area (Å²) < 4.78 is 4.96. The van der Waals surface area contributed by atoms with Crippen LogP contribution in [-0.2, 0) is 16.1 Å². The van der Waals surface area contributed by atoms with Crippen LogP contribution in [0.5, 0.6) is 0 Å². The third-order valence-corrected chi connectivity index (χ3v) is 4.27. The molecule has 132 valence electrons. The summed E-state index contributed by atoms with van der Waals surface area (Å²) in [4.78, 5) is 25.8. The summed E-state index contributed by atoms with van der Waals surface area (Å²) in [5, 5.41) is 3.05. The van der Waals surface area contributed by atoms with Crippen LogP contribution in [-0.4, -0.2) is 32.6 Å². The molecule has 0 fully saturated rings. The first-order valence-electron chi connectivity index (χ1n) is 7.52. The number of carbonyl (C=O) groups excluding carboxylic acids is 2. The molecule has 0 heterocycles. The molecule has 0 radical (unpaired) electrons. The van der Waals surface area contributed by atoms with Crippen LogP contribution in [0, 0.1) is 0 Å². The van der Waals surface area contributed by atoms with Gasteiger partial charge >= 0.3 is 5.97 Å². The Bertz CT molecular complexity index is 761. The summed E-state index contributed by atoms with van der Waals surface area (Å²) in [6, 6.07) is 12.4. The van der Waals surface area contributed by atoms with Crippen molar-refractivity contribution in [2.75, 3.05) is 25.6 Å². The van der Waals surface area contributed by atoms with Crippen molar-refractivity contribution in [2.24, 2.45) is 0 Å². The van der Waals surface area contributed by atoms with E-state index in [1.165, 1.54) is 6.07 Å². The van der Waals surface area contributed by atoms with Gasteiger partial charge in [-0.15, -0.1) is 0 Å². The van der Waals surface area contributed by atoms with Gasteiger partial charge in [0.1, 0.15) is 0 Å². The number of nitrogens with zero attached hydrogens (tertiary/aromatic N) is 1. The molecular weight excluding hydrogens is 363 g/mol. The Morgan fingerprint density at radius 2 is 1.76 bits per heavy atom.